The molecule has 0 saturated heterocycles. The lowest BCUT2D eigenvalue weighted by atomic mass is 9.97. The van der Waals surface area contributed by atoms with E-state index in [2.05, 4.69) is 4.99 Å². The number of benzene rings is 1. The Morgan fingerprint density at radius 3 is 2.65 bits per heavy atom. The van der Waals surface area contributed by atoms with Gasteiger partial charge in [-0.05, 0) is 13.0 Å². The number of rotatable bonds is 5. The first-order valence-electron chi connectivity index (χ1n) is 5.96. The first kappa shape index (κ1) is 15.5. The molecule has 0 aliphatic carbocycles. The van der Waals surface area contributed by atoms with Crippen LogP contribution in [0.3, 0.4) is 0 Å². The molecule has 0 aromatic heterocycles. The SMILES string of the molecule is COc1cc(/N=C\N(C)C)c(C#N)cc1C(C)C(=O)O. The van der Waals surface area contributed by atoms with Crippen molar-refractivity contribution in [2.45, 2.75) is 12.8 Å². The van der Waals surface area contributed by atoms with E-state index in [1.165, 1.54) is 13.2 Å². The first-order valence-corrected chi connectivity index (χ1v) is 5.96. The Balaban J connectivity index is 3.38. The van der Waals surface area contributed by atoms with Crippen LogP contribution < -0.4 is 4.74 Å². The Morgan fingerprint density at radius 1 is 1.55 bits per heavy atom. The van der Waals surface area contributed by atoms with Gasteiger partial charge in [0.15, 0.2) is 0 Å². The zero-order chi connectivity index (χ0) is 15.3. The minimum atomic E-state index is -0.975. The number of hydrogen-bond acceptors (Lipinski definition) is 4. The van der Waals surface area contributed by atoms with Crippen LogP contribution in [0, 0.1) is 11.3 Å². The quantitative estimate of drug-likeness (QED) is 0.656. The molecule has 1 rings (SSSR count). The molecule has 0 spiro atoms. The molecular weight excluding hydrogens is 258 g/mol. The van der Waals surface area contributed by atoms with E-state index in [1.807, 2.05) is 20.2 Å². The van der Waals surface area contributed by atoms with Gasteiger partial charge in [0, 0.05) is 25.7 Å². The van der Waals surface area contributed by atoms with Crippen LogP contribution in [0.5, 0.6) is 5.75 Å². The third-order valence-corrected chi connectivity index (χ3v) is 2.73. The second-order valence-corrected chi connectivity index (χ2v) is 4.49. The fraction of sp³-hybridized carbons (Fsp3) is 0.357. The molecule has 20 heavy (non-hydrogen) atoms. The number of nitriles is 1. The number of methoxy groups -OCH3 is 1. The Bertz CT molecular complexity index is 574. The van der Waals surface area contributed by atoms with E-state index in [1.54, 1.807) is 24.2 Å². The molecule has 1 unspecified atom stereocenters. The summed E-state index contributed by atoms with van der Waals surface area (Å²) in [4.78, 5) is 17.0. The smallest absolute Gasteiger partial charge is 0.310 e. The van der Waals surface area contributed by atoms with Gasteiger partial charge < -0.3 is 14.7 Å². The normalized spacial score (nSPS) is 11.9. The fourth-order valence-electron chi connectivity index (χ4n) is 1.61. The monoisotopic (exact) mass is 275 g/mol. The highest BCUT2D eigenvalue weighted by Crippen LogP contribution is 2.33. The molecule has 6 nitrogen and oxygen atoms in total. The number of hydrogen-bond donors (Lipinski definition) is 1. The molecular formula is C14H17N3O3. The molecule has 0 aliphatic heterocycles. The van der Waals surface area contributed by atoms with E-state index in [9.17, 15) is 4.79 Å². The predicted octanol–water partition coefficient (Wildman–Crippen LogP) is 1.98. The molecule has 1 aromatic carbocycles. The molecule has 1 atom stereocenters. The van der Waals surface area contributed by atoms with Gasteiger partial charge >= 0.3 is 5.97 Å². The van der Waals surface area contributed by atoms with E-state index in [0.29, 0.717) is 22.6 Å². The third-order valence-electron chi connectivity index (χ3n) is 2.73. The van der Waals surface area contributed by atoms with E-state index >= 15 is 0 Å². The lowest BCUT2D eigenvalue weighted by Gasteiger charge is -2.14. The Kier molecular flexibility index (Phi) is 5.09. The zero-order valence-corrected chi connectivity index (χ0v) is 11.9. The van der Waals surface area contributed by atoms with Crippen LogP contribution in [0.1, 0.15) is 24.0 Å². The summed E-state index contributed by atoms with van der Waals surface area (Å²) in [5, 5.41) is 18.3. The fourth-order valence-corrected chi connectivity index (χ4v) is 1.61. The molecule has 0 saturated carbocycles. The summed E-state index contributed by atoms with van der Waals surface area (Å²) >= 11 is 0. The maximum atomic E-state index is 11.1. The van der Waals surface area contributed by atoms with Crippen molar-refractivity contribution in [1.29, 1.82) is 5.26 Å². The van der Waals surface area contributed by atoms with Crippen LogP contribution in [-0.2, 0) is 4.79 Å². The number of carbonyl (C=O) groups is 1. The van der Waals surface area contributed by atoms with Crippen molar-refractivity contribution >= 4 is 18.0 Å². The minimum Gasteiger partial charge on any atom is -0.496 e. The topological polar surface area (TPSA) is 85.9 Å². The average Bonchev–Trinajstić information content (AvgIpc) is 2.42. The van der Waals surface area contributed by atoms with Crippen LogP contribution in [0.4, 0.5) is 5.69 Å². The predicted molar refractivity (Wildman–Crippen MR) is 75.6 cm³/mol. The lowest BCUT2D eigenvalue weighted by molar-refractivity contribution is -0.138. The molecule has 0 bridgehead atoms. The highest BCUT2D eigenvalue weighted by molar-refractivity contribution is 5.78. The molecule has 0 amide bonds. The molecule has 0 heterocycles. The summed E-state index contributed by atoms with van der Waals surface area (Å²) in [6.07, 6.45) is 1.57. The van der Waals surface area contributed by atoms with Gasteiger partial charge in [-0.25, -0.2) is 4.99 Å². The second-order valence-electron chi connectivity index (χ2n) is 4.49. The van der Waals surface area contributed by atoms with Crippen LogP contribution >= 0.6 is 0 Å². The van der Waals surface area contributed by atoms with Gasteiger partial charge in [-0.1, -0.05) is 0 Å². The number of carboxylic acids is 1. The van der Waals surface area contributed by atoms with Gasteiger partial charge in [-0.2, -0.15) is 5.26 Å². The third kappa shape index (κ3) is 3.48. The van der Waals surface area contributed by atoms with E-state index in [-0.39, 0.29) is 0 Å². The van der Waals surface area contributed by atoms with Crippen molar-refractivity contribution in [1.82, 2.24) is 4.90 Å². The van der Waals surface area contributed by atoms with Gasteiger partial charge in [0.1, 0.15) is 11.8 Å². The van der Waals surface area contributed by atoms with Crippen molar-refractivity contribution < 1.29 is 14.6 Å². The highest BCUT2D eigenvalue weighted by atomic mass is 16.5. The van der Waals surface area contributed by atoms with Gasteiger partial charge in [0.2, 0.25) is 0 Å². The Hall–Kier alpha value is -2.55. The van der Waals surface area contributed by atoms with Gasteiger partial charge in [0.05, 0.1) is 30.6 Å². The van der Waals surface area contributed by atoms with E-state index < -0.39 is 11.9 Å². The van der Waals surface area contributed by atoms with Crippen molar-refractivity contribution in [2.75, 3.05) is 21.2 Å². The number of carboxylic acid groups (broad SMARTS) is 1. The molecule has 0 fully saturated rings. The summed E-state index contributed by atoms with van der Waals surface area (Å²) < 4.78 is 5.20. The largest absolute Gasteiger partial charge is 0.496 e. The first-order chi connectivity index (χ1) is 9.40. The summed E-state index contributed by atoms with van der Waals surface area (Å²) in [7, 11) is 5.08. The number of aliphatic imine (C=N–C) groups is 1. The van der Waals surface area contributed by atoms with Gasteiger partial charge in [-0.15, -0.1) is 0 Å². The lowest BCUT2D eigenvalue weighted by Crippen LogP contribution is -2.09. The Labute approximate surface area is 117 Å². The second kappa shape index (κ2) is 6.57. The van der Waals surface area contributed by atoms with E-state index in [0.717, 1.165) is 0 Å². The van der Waals surface area contributed by atoms with Crippen molar-refractivity contribution in [3.8, 4) is 11.8 Å². The molecule has 106 valence electrons. The highest BCUT2D eigenvalue weighted by Gasteiger charge is 2.20. The van der Waals surface area contributed by atoms with Gasteiger partial charge in [0.25, 0.3) is 0 Å². The summed E-state index contributed by atoms with van der Waals surface area (Å²) in [5.74, 6) is -1.33. The summed E-state index contributed by atoms with van der Waals surface area (Å²) in [6, 6.07) is 5.11. The number of aliphatic carboxylic acids is 1. The Morgan fingerprint density at radius 2 is 2.20 bits per heavy atom. The van der Waals surface area contributed by atoms with Crippen LogP contribution in [-0.4, -0.2) is 43.5 Å². The molecule has 0 aliphatic rings. The van der Waals surface area contributed by atoms with Crippen molar-refractivity contribution in [2.24, 2.45) is 4.99 Å². The van der Waals surface area contributed by atoms with Gasteiger partial charge in [-0.3, -0.25) is 4.79 Å². The molecule has 0 radical (unpaired) electrons. The molecule has 1 N–H and O–H groups in total. The standard InChI is InChI=1S/C14H17N3O3/c1-9(14(18)19)11-5-10(7-15)12(6-13(11)20-4)16-8-17(2)3/h5-6,8-9H,1-4H3,(H,18,19)/b16-8-. The van der Waals surface area contributed by atoms with Crippen LogP contribution in [0.2, 0.25) is 0 Å². The maximum absolute atomic E-state index is 11.1. The zero-order valence-electron chi connectivity index (χ0n) is 11.9. The number of ether oxygens (including phenoxy) is 1. The number of nitrogens with zero attached hydrogens (tertiary/aromatic N) is 3. The molecule has 6 heteroatoms. The minimum absolute atomic E-state index is 0.312. The van der Waals surface area contributed by atoms with E-state index in [4.69, 9.17) is 15.1 Å². The maximum Gasteiger partial charge on any atom is 0.310 e. The van der Waals surface area contributed by atoms with Crippen molar-refractivity contribution in [3.63, 3.8) is 0 Å². The molecule has 1 aromatic rings. The summed E-state index contributed by atoms with van der Waals surface area (Å²) in [6.45, 7) is 1.55. The van der Waals surface area contributed by atoms with Crippen LogP contribution in [0.25, 0.3) is 0 Å². The van der Waals surface area contributed by atoms with Crippen molar-refractivity contribution in [3.05, 3.63) is 23.3 Å². The summed E-state index contributed by atoms with van der Waals surface area (Å²) in [5.41, 5.74) is 1.21. The average molecular weight is 275 g/mol. The van der Waals surface area contributed by atoms with Crippen LogP contribution in [0.15, 0.2) is 17.1 Å².